The average Bonchev–Trinajstić information content (AvgIpc) is 3.14. The van der Waals surface area contributed by atoms with Crippen molar-refractivity contribution in [3.8, 4) is 11.1 Å². The first-order chi connectivity index (χ1) is 23.8. The Labute approximate surface area is 291 Å². The molecular weight excluding hydrogens is 612 g/mol. The van der Waals surface area contributed by atoms with Gasteiger partial charge in [-0.25, -0.2) is 4.79 Å². The third-order valence-electron chi connectivity index (χ3n) is 9.74. The molecule has 49 heavy (non-hydrogen) atoms. The van der Waals surface area contributed by atoms with Gasteiger partial charge in [0.05, 0.1) is 32.0 Å². The maximum absolute atomic E-state index is 11.9. The van der Waals surface area contributed by atoms with Crippen LogP contribution in [0.25, 0.3) is 32.7 Å². The molecule has 0 saturated heterocycles. The van der Waals surface area contributed by atoms with Gasteiger partial charge in [0.1, 0.15) is 6.29 Å². The highest BCUT2D eigenvalue weighted by molar-refractivity contribution is 5.92. The third kappa shape index (κ3) is 10.9. The summed E-state index contributed by atoms with van der Waals surface area (Å²) in [6, 6.07) is 27.5. The van der Waals surface area contributed by atoms with E-state index >= 15 is 0 Å². The summed E-state index contributed by atoms with van der Waals surface area (Å²) in [6.45, 7) is 9.25. The van der Waals surface area contributed by atoms with Gasteiger partial charge in [-0.1, -0.05) is 100 Å². The molecule has 0 aliphatic heterocycles. The fraction of sp³-hybridized carbons (Fsp3) is 0.395. The molecule has 0 bridgehead atoms. The highest BCUT2D eigenvalue weighted by atomic mass is 16.5. The van der Waals surface area contributed by atoms with Gasteiger partial charge in [0.2, 0.25) is 0 Å². The highest BCUT2D eigenvalue weighted by Crippen LogP contribution is 2.36. The second kappa shape index (κ2) is 19.2. The summed E-state index contributed by atoms with van der Waals surface area (Å²) in [6.07, 6.45) is 9.79. The van der Waals surface area contributed by atoms with Crippen LogP contribution in [-0.2, 0) is 31.9 Å². The Kier molecular flexibility index (Phi) is 14.8. The standard InChI is InChI=1S/C39H46O4.C4H6O2/c1-4-5-29-10-14-34-22-36(18-16-32(34)20-29)37-19-17-33-21-30(11-15-35(33)23-37)7-6-28-8-12-31(13-9-28)38(25-42-3)26-43-39(41)27(2)24-40;1-4(2-5)3-6/h10-11,14-23,28,31,38,40H,2,4-9,12-13,24-26H2,1,3H3;2,6H,1,3H2. The molecule has 5 rings (SSSR count). The van der Waals surface area contributed by atoms with E-state index in [1.54, 1.807) is 7.11 Å². The molecule has 1 aliphatic rings. The lowest BCUT2D eigenvalue weighted by Crippen LogP contribution is -2.30. The summed E-state index contributed by atoms with van der Waals surface area (Å²) in [5, 5.41) is 22.3. The summed E-state index contributed by atoms with van der Waals surface area (Å²) >= 11 is 0. The third-order valence-corrected chi connectivity index (χ3v) is 9.74. The number of aryl methyl sites for hydroxylation is 2. The number of ether oxygens (including phenoxy) is 2. The zero-order chi connectivity index (χ0) is 35.2. The van der Waals surface area contributed by atoms with Crippen LogP contribution in [0.5, 0.6) is 0 Å². The number of rotatable bonds is 15. The Hall–Kier alpha value is -4.10. The molecule has 0 radical (unpaired) electrons. The number of aldehydes is 1. The number of carbonyl (C=O) groups excluding carboxylic acids is 2. The Balaban J connectivity index is 0.000000827. The molecule has 1 atom stereocenters. The van der Waals surface area contributed by atoms with Gasteiger partial charge in [-0.2, -0.15) is 0 Å². The van der Waals surface area contributed by atoms with Crippen LogP contribution in [0, 0.1) is 17.8 Å². The molecule has 1 aliphatic carbocycles. The van der Waals surface area contributed by atoms with Gasteiger partial charge in [-0.3, -0.25) is 4.79 Å². The number of esters is 1. The quantitative estimate of drug-likeness (QED) is 0.0753. The fourth-order valence-corrected chi connectivity index (χ4v) is 6.79. The largest absolute Gasteiger partial charge is 0.462 e. The first-order valence-corrected chi connectivity index (χ1v) is 17.5. The van der Waals surface area contributed by atoms with Gasteiger partial charge in [-0.15, -0.1) is 0 Å². The van der Waals surface area contributed by atoms with E-state index in [0.29, 0.717) is 25.4 Å². The van der Waals surface area contributed by atoms with Gasteiger partial charge in [0.15, 0.2) is 0 Å². The van der Waals surface area contributed by atoms with Crippen molar-refractivity contribution < 1.29 is 29.3 Å². The van der Waals surface area contributed by atoms with Crippen LogP contribution in [-0.4, -0.2) is 56.0 Å². The van der Waals surface area contributed by atoms with E-state index in [2.05, 4.69) is 92.9 Å². The molecule has 2 N–H and O–H groups in total. The maximum atomic E-state index is 11.9. The Morgan fingerprint density at radius 2 is 1.35 bits per heavy atom. The Bertz CT molecular complexity index is 1710. The molecule has 4 aromatic rings. The van der Waals surface area contributed by atoms with E-state index in [0.717, 1.165) is 31.6 Å². The van der Waals surface area contributed by atoms with E-state index in [1.165, 1.54) is 69.5 Å². The molecule has 1 saturated carbocycles. The number of aliphatic hydroxyl groups excluding tert-OH is 2. The molecular formula is C43H52O6. The summed E-state index contributed by atoms with van der Waals surface area (Å²) in [4.78, 5) is 21.4. The second-order valence-electron chi connectivity index (χ2n) is 13.4. The lowest BCUT2D eigenvalue weighted by molar-refractivity contribution is -0.142. The molecule has 260 valence electrons. The maximum Gasteiger partial charge on any atom is 0.335 e. The molecule has 6 nitrogen and oxygen atoms in total. The number of hydrogen-bond donors (Lipinski definition) is 2. The van der Waals surface area contributed by atoms with Crippen molar-refractivity contribution in [2.24, 2.45) is 17.8 Å². The summed E-state index contributed by atoms with van der Waals surface area (Å²) in [5.74, 6) is 0.876. The first kappa shape index (κ1) is 37.7. The Morgan fingerprint density at radius 3 is 1.84 bits per heavy atom. The van der Waals surface area contributed by atoms with E-state index in [1.807, 2.05) is 0 Å². The monoisotopic (exact) mass is 664 g/mol. The summed E-state index contributed by atoms with van der Waals surface area (Å²) in [7, 11) is 1.70. The van der Waals surface area contributed by atoms with Crippen molar-refractivity contribution >= 4 is 33.8 Å². The molecule has 6 heteroatoms. The fourth-order valence-electron chi connectivity index (χ4n) is 6.79. The van der Waals surface area contributed by atoms with Crippen LogP contribution in [0.4, 0.5) is 0 Å². The lowest BCUT2D eigenvalue weighted by atomic mass is 9.74. The van der Waals surface area contributed by atoms with Crippen molar-refractivity contribution in [2.45, 2.75) is 58.3 Å². The Morgan fingerprint density at radius 1 is 0.796 bits per heavy atom. The minimum atomic E-state index is -0.515. The smallest absolute Gasteiger partial charge is 0.335 e. The van der Waals surface area contributed by atoms with E-state index in [4.69, 9.17) is 19.7 Å². The zero-order valence-corrected chi connectivity index (χ0v) is 29.2. The lowest BCUT2D eigenvalue weighted by Gasteiger charge is -2.33. The van der Waals surface area contributed by atoms with Gasteiger partial charge >= 0.3 is 5.97 Å². The van der Waals surface area contributed by atoms with Gasteiger partial charge < -0.3 is 19.7 Å². The minimum Gasteiger partial charge on any atom is -0.462 e. The summed E-state index contributed by atoms with van der Waals surface area (Å²) in [5.41, 5.74) is 5.66. The van der Waals surface area contributed by atoms with Crippen molar-refractivity contribution in [1.29, 1.82) is 0 Å². The van der Waals surface area contributed by atoms with Crippen LogP contribution >= 0.6 is 0 Å². The van der Waals surface area contributed by atoms with Crippen LogP contribution in [0.15, 0.2) is 97.1 Å². The van der Waals surface area contributed by atoms with Gasteiger partial charge in [0, 0.05) is 18.6 Å². The highest BCUT2D eigenvalue weighted by Gasteiger charge is 2.28. The number of benzene rings is 4. The first-order valence-electron chi connectivity index (χ1n) is 17.5. The van der Waals surface area contributed by atoms with Crippen molar-refractivity contribution in [2.75, 3.05) is 33.5 Å². The minimum absolute atomic E-state index is 0.0969. The van der Waals surface area contributed by atoms with Crippen molar-refractivity contribution in [3.05, 3.63) is 108 Å². The predicted molar refractivity (Wildman–Crippen MR) is 199 cm³/mol. The van der Waals surface area contributed by atoms with Crippen LogP contribution in [0.1, 0.15) is 56.6 Å². The van der Waals surface area contributed by atoms with Crippen LogP contribution < -0.4 is 0 Å². The number of fused-ring (bicyclic) bond motifs is 2. The average molecular weight is 665 g/mol. The number of hydrogen-bond acceptors (Lipinski definition) is 6. The molecule has 4 aromatic carbocycles. The van der Waals surface area contributed by atoms with Crippen molar-refractivity contribution in [3.63, 3.8) is 0 Å². The number of aliphatic hydroxyl groups is 2. The molecule has 0 spiro atoms. The van der Waals surface area contributed by atoms with Gasteiger partial charge in [-0.05, 0) is 99.9 Å². The molecule has 1 unspecified atom stereocenters. The predicted octanol–water partition coefficient (Wildman–Crippen LogP) is 8.44. The molecule has 0 amide bonds. The van der Waals surface area contributed by atoms with Crippen molar-refractivity contribution in [1.82, 2.24) is 0 Å². The molecule has 1 fully saturated rings. The number of methoxy groups -OCH3 is 1. The van der Waals surface area contributed by atoms with E-state index in [9.17, 15) is 9.59 Å². The summed E-state index contributed by atoms with van der Waals surface area (Å²) < 4.78 is 10.9. The van der Waals surface area contributed by atoms with Gasteiger partial charge in [0.25, 0.3) is 0 Å². The second-order valence-corrected chi connectivity index (χ2v) is 13.4. The van der Waals surface area contributed by atoms with Crippen LogP contribution in [0.2, 0.25) is 0 Å². The van der Waals surface area contributed by atoms with E-state index < -0.39 is 5.97 Å². The zero-order valence-electron chi connectivity index (χ0n) is 29.2. The number of carbonyl (C=O) groups is 2. The molecule has 0 aromatic heterocycles. The normalized spacial score (nSPS) is 16.4. The topological polar surface area (TPSA) is 93.1 Å². The van der Waals surface area contributed by atoms with Crippen LogP contribution in [0.3, 0.4) is 0 Å². The van der Waals surface area contributed by atoms with E-state index in [-0.39, 0.29) is 30.3 Å². The SMILES string of the molecule is C=C(C=O)CO.C=C(CO)C(=O)OCC(COC)C1CCC(CCc2ccc3cc(-c4ccc5cc(CCC)ccc5c4)ccc3c2)CC1. The molecule has 0 heterocycles.